The minimum Gasteiger partial charge on any atom is -0.508 e. The second kappa shape index (κ2) is 11.7. The van der Waals surface area contributed by atoms with Crippen molar-refractivity contribution in [3.63, 3.8) is 0 Å². The lowest BCUT2D eigenvalue weighted by molar-refractivity contribution is 0.224. The van der Waals surface area contributed by atoms with Gasteiger partial charge in [-0.2, -0.15) is 4.39 Å². The van der Waals surface area contributed by atoms with Crippen molar-refractivity contribution in [2.75, 3.05) is 6.61 Å². The van der Waals surface area contributed by atoms with Crippen LogP contribution in [0.2, 0.25) is 0 Å². The van der Waals surface area contributed by atoms with Gasteiger partial charge >= 0.3 is 0 Å². The zero-order valence-electron chi connectivity index (χ0n) is 18.7. The topological polar surface area (TPSA) is 29.5 Å². The molecule has 2 rings (SSSR count). The van der Waals surface area contributed by atoms with Crippen molar-refractivity contribution < 1.29 is 27.4 Å². The summed E-state index contributed by atoms with van der Waals surface area (Å²) < 4.78 is 62.1. The number of hydrogen-bond donors (Lipinski definition) is 1. The third kappa shape index (κ3) is 6.48. The Labute approximate surface area is 196 Å². The van der Waals surface area contributed by atoms with Crippen LogP contribution in [0.1, 0.15) is 12.5 Å². The SMILES string of the molecule is C=C(/C=C\C(=C)C(=C)/C(F)=C(/F)C(=C)OCC)/C=C/c1ccc(-c2ccc(O)cc2)c(F)c1F. The van der Waals surface area contributed by atoms with Crippen molar-refractivity contribution in [2.24, 2.45) is 0 Å². The fourth-order valence-corrected chi connectivity index (χ4v) is 2.75. The van der Waals surface area contributed by atoms with E-state index in [0.29, 0.717) is 11.1 Å². The van der Waals surface area contributed by atoms with Crippen LogP contribution >= 0.6 is 0 Å². The molecule has 0 saturated heterocycles. The summed E-state index contributed by atoms with van der Waals surface area (Å²) >= 11 is 0. The van der Waals surface area contributed by atoms with Gasteiger partial charge < -0.3 is 9.84 Å². The van der Waals surface area contributed by atoms with Gasteiger partial charge in [0.25, 0.3) is 0 Å². The van der Waals surface area contributed by atoms with Gasteiger partial charge in [-0.25, -0.2) is 13.2 Å². The Morgan fingerprint density at radius 2 is 1.53 bits per heavy atom. The molecular weight excluding hydrogens is 444 g/mol. The number of rotatable bonds is 10. The molecular formula is C28H24F4O2. The van der Waals surface area contributed by atoms with Gasteiger partial charge in [0.05, 0.1) is 6.61 Å². The fraction of sp³-hybridized carbons (Fsp3) is 0.0714. The molecule has 0 aliphatic heterocycles. The molecule has 2 aromatic carbocycles. The molecule has 2 aromatic rings. The van der Waals surface area contributed by atoms with E-state index >= 15 is 0 Å². The number of halogens is 4. The number of allylic oxidation sites excluding steroid dienone is 8. The molecule has 0 amide bonds. The van der Waals surface area contributed by atoms with Crippen molar-refractivity contribution in [1.29, 1.82) is 0 Å². The van der Waals surface area contributed by atoms with Gasteiger partial charge in [0.1, 0.15) is 5.75 Å². The van der Waals surface area contributed by atoms with Crippen molar-refractivity contribution >= 4 is 6.08 Å². The summed E-state index contributed by atoms with van der Waals surface area (Å²) in [6, 6.07) is 8.55. The van der Waals surface area contributed by atoms with Crippen LogP contribution in [0.3, 0.4) is 0 Å². The molecule has 0 atom stereocenters. The van der Waals surface area contributed by atoms with Crippen LogP contribution in [0.5, 0.6) is 5.75 Å². The molecule has 0 heterocycles. The molecule has 0 bridgehead atoms. The summed E-state index contributed by atoms with van der Waals surface area (Å²) in [4.78, 5) is 0. The summed E-state index contributed by atoms with van der Waals surface area (Å²) in [5, 5.41) is 9.35. The third-order valence-corrected chi connectivity index (χ3v) is 4.67. The van der Waals surface area contributed by atoms with E-state index in [4.69, 9.17) is 4.74 Å². The van der Waals surface area contributed by atoms with E-state index in [0.717, 1.165) is 0 Å². The second-order valence-electron chi connectivity index (χ2n) is 7.11. The van der Waals surface area contributed by atoms with Crippen molar-refractivity contribution in [3.05, 3.63) is 132 Å². The van der Waals surface area contributed by atoms with Gasteiger partial charge in [0.2, 0.25) is 5.83 Å². The van der Waals surface area contributed by atoms with Crippen LogP contribution in [0.4, 0.5) is 17.6 Å². The van der Waals surface area contributed by atoms with Crippen LogP contribution in [-0.2, 0) is 4.74 Å². The maximum atomic E-state index is 14.5. The van der Waals surface area contributed by atoms with Gasteiger partial charge in [-0.1, -0.05) is 74.9 Å². The first kappa shape index (κ1) is 26.2. The molecule has 0 aromatic heterocycles. The molecule has 0 unspecified atom stereocenters. The lowest BCUT2D eigenvalue weighted by Crippen LogP contribution is -1.95. The van der Waals surface area contributed by atoms with Gasteiger partial charge in [-0.15, -0.1) is 0 Å². The number of phenols is 1. The fourth-order valence-electron chi connectivity index (χ4n) is 2.75. The van der Waals surface area contributed by atoms with Crippen molar-refractivity contribution in [1.82, 2.24) is 0 Å². The van der Waals surface area contributed by atoms with Gasteiger partial charge in [-0.05, 0) is 35.8 Å². The van der Waals surface area contributed by atoms with Crippen LogP contribution in [-0.4, -0.2) is 11.7 Å². The van der Waals surface area contributed by atoms with Crippen LogP contribution in [0.15, 0.2) is 115 Å². The van der Waals surface area contributed by atoms with Crippen LogP contribution < -0.4 is 0 Å². The molecule has 1 N–H and O–H groups in total. The lowest BCUT2D eigenvalue weighted by Gasteiger charge is -2.08. The summed E-state index contributed by atoms with van der Waals surface area (Å²) in [5.41, 5.74) is 0.588. The smallest absolute Gasteiger partial charge is 0.200 e. The number of ether oxygens (including phenoxy) is 1. The largest absolute Gasteiger partial charge is 0.508 e. The second-order valence-corrected chi connectivity index (χ2v) is 7.11. The molecule has 176 valence electrons. The van der Waals surface area contributed by atoms with Crippen LogP contribution in [0, 0.1) is 11.6 Å². The van der Waals surface area contributed by atoms with E-state index in [2.05, 4.69) is 26.3 Å². The highest BCUT2D eigenvalue weighted by Gasteiger charge is 2.15. The Hall–Kier alpha value is -4.06. The van der Waals surface area contributed by atoms with E-state index in [9.17, 15) is 22.7 Å². The van der Waals surface area contributed by atoms with E-state index in [1.165, 1.54) is 60.7 Å². The summed E-state index contributed by atoms with van der Waals surface area (Å²) in [6.45, 7) is 15.9. The van der Waals surface area contributed by atoms with Crippen LogP contribution in [0.25, 0.3) is 17.2 Å². The Morgan fingerprint density at radius 1 is 0.882 bits per heavy atom. The van der Waals surface area contributed by atoms with Crippen molar-refractivity contribution in [2.45, 2.75) is 6.92 Å². The Kier molecular flexibility index (Phi) is 9.01. The Balaban J connectivity index is 2.12. The molecule has 34 heavy (non-hydrogen) atoms. The first-order valence-electron chi connectivity index (χ1n) is 10.1. The minimum atomic E-state index is -1.27. The summed E-state index contributed by atoms with van der Waals surface area (Å²) in [7, 11) is 0. The van der Waals surface area contributed by atoms with E-state index in [1.807, 2.05) is 0 Å². The average molecular weight is 468 g/mol. The zero-order chi connectivity index (χ0) is 25.4. The third-order valence-electron chi connectivity index (χ3n) is 4.67. The van der Waals surface area contributed by atoms with Gasteiger partial charge in [-0.3, -0.25) is 0 Å². The average Bonchev–Trinajstić information content (AvgIpc) is 2.82. The number of aromatic hydroxyl groups is 1. The standard InChI is InChI=1S/C28H24F4O2/c1-6-34-20(5)26(30)25(29)19(4)18(3)9-7-17(2)8-10-22-13-16-24(28(32)27(22)31)21-11-14-23(33)15-12-21/h7-16,33H,2-6H2,1H3/b9-7-,10-8+,26-25-. The first-order chi connectivity index (χ1) is 16.1. The quantitative estimate of drug-likeness (QED) is 0.216. The molecule has 2 nitrogen and oxygen atoms in total. The molecule has 0 radical (unpaired) electrons. The minimum absolute atomic E-state index is 0.0108. The van der Waals surface area contributed by atoms with Gasteiger partial charge in [0.15, 0.2) is 23.2 Å². The Morgan fingerprint density at radius 3 is 2.15 bits per heavy atom. The molecule has 0 aliphatic carbocycles. The number of benzene rings is 2. The molecule has 0 saturated carbocycles. The van der Waals surface area contributed by atoms with E-state index in [1.54, 1.807) is 6.92 Å². The van der Waals surface area contributed by atoms with E-state index in [-0.39, 0.29) is 34.6 Å². The molecule has 6 heteroatoms. The van der Waals surface area contributed by atoms with Gasteiger partial charge in [0, 0.05) is 16.7 Å². The highest BCUT2D eigenvalue weighted by atomic mass is 19.2. The Bertz CT molecular complexity index is 1220. The summed E-state index contributed by atoms with van der Waals surface area (Å²) in [6.07, 6.45) is 5.55. The normalized spacial score (nSPS) is 12.0. The number of phenolic OH excluding ortho intramolecular Hbond substituents is 1. The lowest BCUT2D eigenvalue weighted by atomic mass is 10.0. The number of hydrogen-bond acceptors (Lipinski definition) is 2. The molecule has 0 aliphatic rings. The monoisotopic (exact) mass is 468 g/mol. The molecule has 0 spiro atoms. The van der Waals surface area contributed by atoms with E-state index < -0.39 is 29.0 Å². The predicted molar refractivity (Wildman–Crippen MR) is 129 cm³/mol. The first-order valence-corrected chi connectivity index (χ1v) is 10.1. The maximum absolute atomic E-state index is 14.5. The summed E-state index contributed by atoms with van der Waals surface area (Å²) in [5.74, 6) is -5.03. The predicted octanol–water partition coefficient (Wildman–Crippen LogP) is 8.28. The van der Waals surface area contributed by atoms with Crippen molar-refractivity contribution in [3.8, 4) is 16.9 Å². The highest BCUT2D eigenvalue weighted by molar-refractivity contribution is 5.68. The zero-order valence-corrected chi connectivity index (χ0v) is 18.7. The maximum Gasteiger partial charge on any atom is 0.200 e. The highest BCUT2D eigenvalue weighted by Crippen LogP contribution is 2.29. The molecule has 0 fully saturated rings.